The first kappa shape index (κ1) is 16.4. The van der Waals surface area contributed by atoms with Crippen molar-refractivity contribution in [2.75, 3.05) is 39.4 Å². The Morgan fingerprint density at radius 3 is 2.88 bits per heavy atom. The maximum atomic E-state index is 13.0. The highest BCUT2D eigenvalue weighted by atomic mass is 16.5. The molecule has 134 valence electrons. The smallest absolute Gasteiger partial charge is 0.257 e. The van der Waals surface area contributed by atoms with Crippen LogP contribution in [0.15, 0.2) is 29.2 Å². The second-order valence-electron chi connectivity index (χ2n) is 6.70. The zero-order chi connectivity index (χ0) is 17.1. The molecule has 1 amide bonds. The number of amides is 1. The number of nitrogens with one attached hydrogen (secondary N) is 1. The van der Waals surface area contributed by atoms with Crippen LogP contribution in [-0.2, 0) is 4.74 Å². The molecule has 0 aromatic carbocycles. The highest BCUT2D eigenvalue weighted by Gasteiger charge is 2.28. The van der Waals surface area contributed by atoms with Crippen LogP contribution in [0.4, 0.5) is 0 Å². The lowest BCUT2D eigenvalue weighted by Crippen LogP contribution is -2.44. The van der Waals surface area contributed by atoms with Crippen molar-refractivity contribution in [3.63, 3.8) is 0 Å². The molecule has 25 heavy (non-hydrogen) atoms. The standard InChI is InChI=1S/C18H24N4O3/c23-18(16-12-19-20-17(16)14-4-9-25-13-14)22-5-1-2-15(3-6-22)21-7-10-24-11-8-21/h4,9,12-13,15H,1-3,5-8,10-11H2,(H,19,20). The molecule has 2 aliphatic heterocycles. The van der Waals surface area contributed by atoms with Gasteiger partial charge in [0.15, 0.2) is 0 Å². The first-order valence-electron chi connectivity index (χ1n) is 9.00. The molecule has 2 aromatic rings. The summed E-state index contributed by atoms with van der Waals surface area (Å²) in [5, 5.41) is 6.99. The van der Waals surface area contributed by atoms with Gasteiger partial charge in [0.1, 0.15) is 0 Å². The van der Waals surface area contributed by atoms with Crippen LogP contribution < -0.4 is 0 Å². The van der Waals surface area contributed by atoms with Crippen molar-refractivity contribution >= 4 is 5.91 Å². The number of ether oxygens (including phenoxy) is 1. The van der Waals surface area contributed by atoms with Gasteiger partial charge in [0, 0.05) is 37.8 Å². The molecule has 2 aromatic heterocycles. The van der Waals surface area contributed by atoms with E-state index in [1.54, 1.807) is 18.7 Å². The summed E-state index contributed by atoms with van der Waals surface area (Å²) in [5.41, 5.74) is 2.20. The third-order valence-electron chi connectivity index (χ3n) is 5.23. The van der Waals surface area contributed by atoms with Crippen molar-refractivity contribution in [3.05, 3.63) is 30.4 Å². The van der Waals surface area contributed by atoms with Gasteiger partial charge in [-0.15, -0.1) is 0 Å². The summed E-state index contributed by atoms with van der Waals surface area (Å²) in [5.74, 6) is 0.0487. The van der Waals surface area contributed by atoms with Gasteiger partial charge in [-0.25, -0.2) is 0 Å². The molecule has 2 fully saturated rings. The van der Waals surface area contributed by atoms with Gasteiger partial charge in [-0.1, -0.05) is 0 Å². The van der Waals surface area contributed by atoms with E-state index in [9.17, 15) is 4.79 Å². The van der Waals surface area contributed by atoms with E-state index in [4.69, 9.17) is 9.15 Å². The third kappa shape index (κ3) is 3.48. The lowest BCUT2D eigenvalue weighted by Gasteiger charge is -2.34. The van der Waals surface area contributed by atoms with Crippen molar-refractivity contribution in [2.45, 2.75) is 25.3 Å². The number of nitrogens with zero attached hydrogens (tertiary/aromatic N) is 3. The zero-order valence-electron chi connectivity index (χ0n) is 14.3. The number of likely N-dealkylation sites (tertiary alicyclic amines) is 1. The van der Waals surface area contributed by atoms with Gasteiger partial charge in [0.2, 0.25) is 0 Å². The summed E-state index contributed by atoms with van der Waals surface area (Å²) < 4.78 is 10.6. The van der Waals surface area contributed by atoms with Gasteiger partial charge in [-0.3, -0.25) is 14.8 Å². The summed E-state index contributed by atoms with van der Waals surface area (Å²) in [4.78, 5) is 17.5. The zero-order valence-corrected chi connectivity index (χ0v) is 14.3. The molecule has 1 N–H and O–H groups in total. The summed E-state index contributed by atoms with van der Waals surface area (Å²) in [6, 6.07) is 2.39. The molecule has 4 heterocycles. The minimum atomic E-state index is 0.0487. The van der Waals surface area contributed by atoms with Crippen LogP contribution >= 0.6 is 0 Å². The Morgan fingerprint density at radius 1 is 1.20 bits per heavy atom. The predicted molar refractivity (Wildman–Crippen MR) is 92.2 cm³/mol. The Hall–Kier alpha value is -2.12. The lowest BCUT2D eigenvalue weighted by atomic mass is 10.1. The first-order chi connectivity index (χ1) is 12.3. The molecule has 7 heteroatoms. The summed E-state index contributed by atoms with van der Waals surface area (Å²) in [6.45, 7) is 5.24. The van der Waals surface area contributed by atoms with E-state index in [0.29, 0.717) is 11.6 Å². The number of rotatable bonds is 3. The van der Waals surface area contributed by atoms with E-state index in [-0.39, 0.29) is 5.91 Å². The van der Waals surface area contributed by atoms with Gasteiger partial charge in [0.05, 0.1) is 43.2 Å². The van der Waals surface area contributed by atoms with Gasteiger partial charge in [0.25, 0.3) is 5.91 Å². The second-order valence-corrected chi connectivity index (χ2v) is 6.70. The molecule has 0 bridgehead atoms. The number of morpholine rings is 1. The van der Waals surface area contributed by atoms with E-state index < -0.39 is 0 Å². The van der Waals surface area contributed by atoms with Crippen LogP contribution in [-0.4, -0.2) is 71.3 Å². The fourth-order valence-corrected chi connectivity index (χ4v) is 3.84. The number of aromatic amines is 1. The number of carbonyl (C=O) groups excluding carboxylic acids is 1. The third-order valence-corrected chi connectivity index (χ3v) is 5.23. The Kier molecular flexibility index (Phi) is 4.85. The fourth-order valence-electron chi connectivity index (χ4n) is 3.84. The first-order valence-corrected chi connectivity index (χ1v) is 9.00. The number of hydrogen-bond acceptors (Lipinski definition) is 5. The number of H-pyrrole nitrogens is 1. The van der Waals surface area contributed by atoms with Crippen molar-refractivity contribution in [3.8, 4) is 11.3 Å². The number of hydrogen-bond donors (Lipinski definition) is 1. The van der Waals surface area contributed by atoms with E-state index in [0.717, 1.165) is 69.9 Å². The van der Waals surface area contributed by atoms with Crippen molar-refractivity contribution < 1.29 is 13.9 Å². The largest absolute Gasteiger partial charge is 0.472 e. The molecular formula is C18H24N4O3. The number of aromatic nitrogens is 2. The molecule has 0 saturated carbocycles. The minimum absolute atomic E-state index is 0.0487. The van der Waals surface area contributed by atoms with Gasteiger partial charge >= 0.3 is 0 Å². The van der Waals surface area contributed by atoms with Gasteiger partial charge in [-0.05, 0) is 25.3 Å². The van der Waals surface area contributed by atoms with Crippen LogP contribution in [0.25, 0.3) is 11.3 Å². The SMILES string of the molecule is O=C(c1cn[nH]c1-c1ccoc1)N1CCCC(N2CCOCC2)CC1. The van der Waals surface area contributed by atoms with Crippen LogP contribution in [0.3, 0.4) is 0 Å². The Labute approximate surface area is 146 Å². The van der Waals surface area contributed by atoms with E-state index in [1.807, 2.05) is 11.0 Å². The van der Waals surface area contributed by atoms with Gasteiger partial charge < -0.3 is 14.1 Å². The Morgan fingerprint density at radius 2 is 2.08 bits per heavy atom. The van der Waals surface area contributed by atoms with Crippen LogP contribution in [0.5, 0.6) is 0 Å². The topological polar surface area (TPSA) is 74.6 Å². The Bertz CT molecular complexity index is 691. The Balaban J connectivity index is 1.44. The molecular weight excluding hydrogens is 320 g/mol. The number of furan rings is 1. The van der Waals surface area contributed by atoms with Gasteiger partial charge in [-0.2, -0.15) is 5.10 Å². The minimum Gasteiger partial charge on any atom is -0.472 e. The molecule has 2 aliphatic rings. The molecule has 1 atom stereocenters. The quantitative estimate of drug-likeness (QED) is 0.922. The average Bonchev–Trinajstić information content (AvgIpc) is 3.28. The lowest BCUT2D eigenvalue weighted by molar-refractivity contribution is 0.0135. The fraction of sp³-hybridized carbons (Fsp3) is 0.556. The van der Waals surface area contributed by atoms with Crippen LogP contribution in [0.1, 0.15) is 29.6 Å². The molecule has 0 aliphatic carbocycles. The molecule has 7 nitrogen and oxygen atoms in total. The predicted octanol–water partition coefficient (Wildman–Crippen LogP) is 2.00. The van der Waals surface area contributed by atoms with Crippen LogP contribution in [0, 0.1) is 0 Å². The van der Waals surface area contributed by atoms with Crippen molar-refractivity contribution in [1.82, 2.24) is 20.0 Å². The molecule has 1 unspecified atom stereocenters. The highest BCUT2D eigenvalue weighted by Crippen LogP contribution is 2.24. The molecule has 0 radical (unpaired) electrons. The molecule has 2 saturated heterocycles. The maximum absolute atomic E-state index is 13.0. The van der Waals surface area contributed by atoms with E-state index in [2.05, 4.69) is 15.1 Å². The van der Waals surface area contributed by atoms with Crippen molar-refractivity contribution in [2.24, 2.45) is 0 Å². The average molecular weight is 344 g/mol. The number of carbonyl (C=O) groups is 1. The summed E-state index contributed by atoms with van der Waals surface area (Å²) in [7, 11) is 0. The van der Waals surface area contributed by atoms with E-state index in [1.165, 1.54) is 0 Å². The maximum Gasteiger partial charge on any atom is 0.257 e. The molecule has 0 spiro atoms. The second kappa shape index (κ2) is 7.41. The highest BCUT2D eigenvalue weighted by molar-refractivity contribution is 5.99. The van der Waals surface area contributed by atoms with E-state index >= 15 is 0 Å². The normalized spacial score (nSPS) is 22.7. The van der Waals surface area contributed by atoms with Crippen LogP contribution in [0.2, 0.25) is 0 Å². The van der Waals surface area contributed by atoms with Crippen molar-refractivity contribution in [1.29, 1.82) is 0 Å². The molecule has 4 rings (SSSR count). The summed E-state index contributed by atoms with van der Waals surface area (Å²) in [6.07, 6.45) is 8.04. The summed E-state index contributed by atoms with van der Waals surface area (Å²) >= 11 is 0. The monoisotopic (exact) mass is 344 g/mol.